The Balaban J connectivity index is 1.52. The van der Waals surface area contributed by atoms with Gasteiger partial charge in [0.15, 0.2) is 0 Å². The Hall–Kier alpha value is -3.78. The molecule has 0 bridgehead atoms. The number of hydrogen-bond donors (Lipinski definition) is 1. The van der Waals surface area contributed by atoms with Crippen LogP contribution in [0.2, 0.25) is 0 Å². The van der Waals surface area contributed by atoms with Crippen molar-refractivity contribution in [1.82, 2.24) is 10.2 Å². The van der Waals surface area contributed by atoms with Crippen LogP contribution < -0.4 is 10.2 Å². The van der Waals surface area contributed by atoms with Crippen molar-refractivity contribution in [3.8, 4) is 0 Å². The number of rotatable bonds is 9. The molecular weight excluding hydrogens is 462 g/mol. The second-order valence-corrected chi connectivity index (χ2v) is 9.42. The molecule has 1 unspecified atom stereocenters. The van der Waals surface area contributed by atoms with Crippen molar-refractivity contribution in [1.29, 1.82) is 0 Å². The third-order valence-electron chi connectivity index (χ3n) is 6.09. The number of benzene rings is 2. The minimum atomic E-state index is -1.05. The van der Waals surface area contributed by atoms with Gasteiger partial charge in [0.25, 0.3) is 5.91 Å². The second kappa shape index (κ2) is 11.1. The van der Waals surface area contributed by atoms with Crippen molar-refractivity contribution in [3.05, 3.63) is 89.3 Å². The van der Waals surface area contributed by atoms with Crippen LogP contribution in [0.15, 0.2) is 78.2 Å². The fraction of sp³-hybridized carbons (Fsp3) is 0.259. The number of likely N-dealkylation sites (N-methyl/N-ethyl adjacent to an activating group) is 1. The standard InChI is InChI=1S/C27H27N3O4S/c1-29(24-13-8-16-35-24)27(34)25(32)21(17-19-9-4-2-5-10-19)28-26(33)22-14-15-23(31)30(22)18-20-11-6-3-7-12-20/h2-13,16,21-22H,14-15,17-18H2,1H3,(H,28,33)/t21?,22-/m0/s1. The van der Waals surface area contributed by atoms with Crippen molar-refractivity contribution in [2.24, 2.45) is 0 Å². The molecule has 2 aromatic carbocycles. The summed E-state index contributed by atoms with van der Waals surface area (Å²) in [5.74, 6) is -1.92. The number of amides is 3. The highest BCUT2D eigenvalue weighted by molar-refractivity contribution is 7.14. The van der Waals surface area contributed by atoms with E-state index in [1.54, 1.807) is 24.1 Å². The maximum absolute atomic E-state index is 13.3. The highest BCUT2D eigenvalue weighted by atomic mass is 32.1. The van der Waals surface area contributed by atoms with E-state index < -0.39 is 29.7 Å². The van der Waals surface area contributed by atoms with Crippen LogP contribution in [0.1, 0.15) is 24.0 Å². The van der Waals surface area contributed by atoms with Gasteiger partial charge in [-0.3, -0.25) is 19.2 Å². The summed E-state index contributed by atoms with van der Waals surface area (Å²) in [7, 11) is 1.55. The Bertz CT molecular complexity index is 1180. The summed E-state index contributed by atoms with van der Waals surface area (Å²) in [6.45, 7) is 0.315. The number of hydrogen-bond acceptors (Lipinski definition) is 5. The van der Waals surface area contributed by atoms with Gasteiger partial charge < -0.3 is 15.1 Å². The van der Waals surface area contributed by atoms with Crippen molar-refractivity contribution >= 4 is 39.8 Å². The first-order chi connectivity index (χ1) is 16.9. The maximum atomic E-state index is 13.3. The zero-order chi connectivity index (χ0) is 24.8. The predicted molar refractivity (Wildman–Crippen MR) is 135 cm³/mol. The molecule has 35 heavy (non-hydrogen) atoms. The lowest BCUT2D eigenvalue weighted by Crippen LogP contribution is -2.53. The first-order valence-electron chi connectivity index (χ1n) is 11.5. The first-order valence-corrected chi connectivity index (χ1v) is 12.3. The van der Waals surface area contributed by atoms with Crippen LogP contribution in [0.3, 0.4) is 0 Å². The molecule has 0 radical (unpaired) electrons. The highest BCUT2D eigenvalue weighted by Crippen LogP contribution is 2.23. The average Bonchev–Trinajstić information content (AvgIpc) is 3.54. The third kappa shape index (κ3) is 5.84. The van der Waals surface area contributed by atoms with Gasteiger partial charge in [-0.15, -0.1) is 11.3 Å². The Labute approximate surface area is 208 Å². The van der Waals surface area contributed by atoms with E-state index in [4.69, 9.17) is 0 Å². The van der Waals surface area contributed by atoms with E-state index in [1.807, 2.05) is 66.0 Å². The van der Waals surface area contributed by atoms with Crippen molar-refractivity contribution in [3.63, 3.8) is 0 Å². The summed E-state index contributed by atoms with van der Waals surface area (Å²) in [5, 5.41) is 5.26. The summed E-state index contributed by atoms with van der Waals surface area (Å²) in [5.41, 5.74) is 1.74. The van der Waals surface area contributed by atoms with E-state index in [1.165, 1.54) is 16.2 Å². The number of nitrogens with one attached hydrogen (secondary N) is 1. The third-order valence-corrected chi connectivity index (χ3v) is 7.04. The van der Waals surface area contributed by atoms with Gasteiger partial charge in [0.05, 0.1) is 5.00 Å². The van der Waals surface area contributed by atoms with Gasteiger partial charge in [0, 0.05) is 26.4 Å². The monoisotopic (exact) mass is 489 g/mol. The maximum Gasteiger partial charge on any atom is 0.296 e. The van der Waals surface area contributed by atoms with Gasteiger partial charge in [-0.1, -0.05) is 60.7 Å². The summed E-state index contributed by atoms with van der Waals surface area (Å²) >= 11 is 1.35. The molecule has 0 saturated carbocycles. The number of nitrogens with zero attached hydrogens (tertiary/aromatic N) is 2. The molecule has 0 aliphatic carbocycles. The molecule has 3 aromatic rings. The largest absolute Gasteiger partial charge is 0.344 e. The van der Waals surface area contributed by atoms with Crippen molar-refractivity contribution < 1.29 is 19.2 Å². The van der Waals surface area contributed by atoms with E-state index in [-0.39, 0.29) is 18.7 Å². The fourth-order valence-corrected chi connectivity index (χ4v) is 4.88. The van der Waals surface area contributed by atoms with Crippen LogP contribution in [0.4, 0.5) is 5.00 Å². The van der Waals surface area contributed by atoms with Gasteiger partial charge in [-0.05, 0) is 35.1 Å². The van der Waals surface area contributed by atoms with Gasteiger partial charge in [0.2, 0.25) is 17.6 Å². The number of anilines is 1. The molecule has 1 N–H and O–H groups in total. The van der Waals surface area contributed by atoms with Crippen LogP contribution in [0.5, 0.6) is 0 Å². The van der Waals surface area contributed by atoms with E-state index >= 15 is 0 Å². The van der Waals surface area contributed by atoms with Gasteiger partial charge in [-0.2, -0.15) is 0 Å². The van der Waals surface area contributed by atoms with Crippen LogP contribution in [-0.2, 0) is 32.1 Å². The van der Waals surface area contributed by atoms with Crippen LogP contribution in [-0.4, -0.2) is 47.5 Å². The average molecular weight is 490 g/mol. The fourth-order valence-electron chi connectivity index (χ4n) is 4.19. The molecular formula is C27H27N3O4S. The molecule has 8 heteroatoms. The minimum Gasteiger partial charge on any atom is -0.344 e. The first kappa shape index (κ1) is 24.3. The molecule has 1 aromatic heterocycles. The molecule has 7 nitrogen and oxygen atoms in total. The van der Waals surface area contributed by atoms with Crippen LogP contribution in [0, 0.1) is 0 Å². The number of likely N-dealkylation sites (tertiary alicyclic amines) is 1. The summed E-state index contributed by atoms with van der Waals surface area (Å²) in [6.07, 6.45) is 0.809. The van der Waals surface area contributed by atoms with Gasteiger partial charge >= 0.3 is 0 Å². The number of Topliss-reactive ketones (excluding diaryl/α,β-unsaturated/α-hetero) is 1. The molecule has 4 rings (SSSR count). The quantitative estimate of drug-likeness (QED) is 0.468. The topological polar surface area (TPSA) is 86.8 Å². The van der Waals surface area contributed by atoms with E-state index in [0.29, 0.717) is 18.0 Å². The Morgan fingerprint density at radius 2 is 1.66 bits per heavy atom. The summed E-state index contributed by atoms with van der Waals surface area (Å²) < 4.78 is 0. The van der Waals surface area contributed by atoms with Crippen molar-refractivity contribution in [2.75, 3.05) is 11.9 Å². The molecule has 1 saturated heterocycles. The van der Waals surface area contributed by atoms with Crippen LogP contribution in [0.25, 0.3) is 0 Å². The normalized spacial score (nSPS) is 16.1. The highest BCUT2D eigenvalue weighted by Gasteiger charge is 2.38. The smallest absolute Gasteiger partial charge is 0.296 e. The van der Waals surface area contributed by atoms with E-state index in [9.17, 15) is 19.2 Å². The predicted octanol–water partition coefficient (Wildman–Crippen LogP) is 3.20. The summed E-state index contributed by atoms with van der Waals surface area (Å²) in [6, 6.07) is 20.5. The van der Waals surface area contributed by atoms with Crippen molar-refractivity contribution in [2.45, 2.75) is 37.9 Å². The zero-order valence-electron chi connectivity index (χ0n) is 19.4. The van der Waals surface area contributed by atoms with E-state index in [0.717, 1.165) is 11.1 Å². The number of carbonyl (C=O) groups is 4. The summed E-state index contributed by atoms with van der Waals surface area (Å²) in [4.78, 5) is 55.0. The number of ketones is 1. The molecule has 1 fully saturated rings. The number of thiophene rings is 1. The van der Waals surface area contributed by atoms with Gasteiger partial charge in [0.1, 0.15) is 12.1 Å². The lowest BCUT2D eigenvalue weighted by molar-refractivity contribution is -0.140. The Morgan fingerprint density at radius 1 is 1.00 bits per heavy atom. The number of carbonyl (C=O) groups excluding carboxylic acids is 4. The minimum absolute atomic E-state index is 0.103. The lowest BCUT2D eigenvalue weighted by Gasteiger charge is -2.27. The van der Waals surface area contributed by atoms with E-state index in [2.05, 4.69) is 5.32 Å². The molecule has 3 amide bonds. The van der Waals surface area contributed by atoms with Gasteiger partial charge in [-0.25, -0.2) is 0 Å². The molecule has 2 atom stereocenters. The zero-order valence-corrected chi connectivity index (χ0v) is 20.2. The Morgan fingerprint density at radius 3 is 2.29 bits per heavy atom. The molecule has 0 spiro atoms. The Kier molecular flexibility index (Phi) is 7.72. The lowest BCUT2D eigenvalue weighted by atomic mass is 10.0. The molecule has 2 heterocycles. The SMILES string of the molecule is CN(C(=O)C(=O)C(Cc1ccccc1)NC(=O)[C@@H]1CCC(=O)N1Cc1ccccc1)c1cccs1. The molecule has 1 aliphatic rings. The molecule has 1 aliphatic heterocycles. The molecule has 180 valence electrons. The second-order valence-electron chi connectivity index (χ2n) is 8.49. The van der Waals surface area contributed by atoms with Crippen LogP contribution >= 0.6 is 11.3 Å².